The molecule has 1 atom stereocenters. The summed E-state index contributed by atoms with van der Waals surface area (Å²) in [5, 5.41) is 13.1. The fourth-order valence-electron chi connectivity index (χ4n) is 3.82. The lowest BCUT2D eigenvalue weighted by atomic mass is 10.1. The topological polar surface area (TPSA) is 85.6 Å². The number of carbonyl (C=O) groups is 2. The van der Waals surface area contributed by atoms with E-state index in [-0.39, 0.29) is 11.2 Å². The Morgan fingerprint density at radius 3 is 2.61 bits per heavy atom. The van der Waals surface area contributed by atoms with Crippen molar-refractivity contribution >= 4 is 45.9 Å². The van der Waals surface area contributed by atoms with Crippen molar-refractivity contribution in [2.75, 3.05) is 11.9 Å². The van der Waals surface area contributed by atoms with Gasteiger partial charge in [-0.3, -0.25) is 9.20 Å². The van der Waals surface area contributed by atoms with Crippen molar-refractivity contribution in [1.29, 1.82) is 0 Å². The van der Waals surface area contributed by atoms with E-state index in [1.54, 1.807) is 31.2 Å². The van der Waals surface area contributed by atoms with Crippen molar-refractivity contribution in [3.63, 3.8) is 0 Å². The van der Waals surface area contributed by atoms with Crippen LogP contribution < -0.4 is 5.32 Å². The average molecular weight is 463 g/mol. The fourth-order valence-corrected chi connectivity index (χ4v) is 4.78. The van der Waals surface area contributed by atoms with Crippen LogP contribution in [-0.2, 0) is 9.53 Å². The molecular weight excluding hydrogens is 436 g/mol. The molecule has 8 heteroatoms. The summed E-state index contributed by atoms with van der Waals surface area (Å²) < 4.78 is 7.07. The van der Waals surface area contributed by atoms with Crippen molar-refractivity contribution < 1.29 is 14.3 Å². The molecule has 0 aliphatic heterocycles. The molecule has 1 amide bonds. The second-order valence-electron chi connectivity index (χ2n) is 7.78. The van der Waals surface area contributed by atoms with Gasteiger partial charge >= 0.3 is 5.97 Å². The number of pyridine rings is 1. The third kappa shape index (κ3) is 4.57. The predicted octanol–water partition coefficient (Wildman–Crippen LogP) is 5.19. The first-order chi connectivity index (χ1) is 15.9. The molecule has 0 radical (unpaired) electrons. The summed E-state index contributed by atoms with van der Waals surface area (Å²) in [5.41, 5.74) is 5.02. The van der Waals surface area contributed by atoms with E-state index >= 15 is 0 Å². The van der Waals surface area contributed by atoms with E-state index < -0.39 is 5.97 Å². The number of para-hydroxylation sites is 1. The summed E-state index contributed by atoms with van der Waals surface area (Å²) in [5.74, 6) is -0.573. The Morgan fingerprint density at radius 2 is 1.85 bits per heavy atom. The highest BCUT2D eigenvalue weighted by atomic mass is 32.2. The number of esters is 1. The van der Waals surface area contributed by atoms with E-state index in [2.05, 4.69) is 41.5 Å². The summed E-state index contributed by atoms with van der Waals surface area (Å²) in [6, 6.07) is 15.0. The molecule has 0 aliphatic carbocycles. The van der Waals surface area contributed by atoms with Crippen molar-refractivity contribution in [3.05, 3.63) is 65.2 Å². The van der Waals surface area contributed by atoms with Crippen molar-refractivity contribution in [2.24, 2.45) is 0 Å². The van der Waals surface area contributed by atoms with Gasteiger partial charge in [-0.25, -0.2) is 4.79 Å². The molecule has 2 aromatic carbocycles. The average Bonchev–Trinajstić information content (AvgIpc) is 3.20. The molecule has 7 nitrogen and oxygen atoms in total. The number of hydrogen-bond donors (Lipinski definition) is 1. The number of fused-ring (bicyclic) bond motifs is 3. The molecule has 0 spiro atoms. The Bertz CT molecular complexity index is 1350. The predicted molar refractivity (Wildman–Crippen MR) is 131 cm³/mol. The first kappa shape index (κ1) is 22.8. The smallest absolute Gasteiger partial charge is 0.338 e. The van der Waals surface area contributed by atoms with Gasteiger partial charge in [-0.1, -0.05) is 43.0 Å². The molecule has 0 fully saturated rings. The Labute approximate surface area is 196 Å². The van der Waals surface area contributed by atoms with Crippen LogP contribution in [0.4, 0.5) is 5.69 Å². The van der Waals surface area contributed by atoms with Crippen LogP contribution in [-0.4, -0.2) is 38.3 Å². The molecular formula is C25H26N4O3S. The fraction of sp³-hybridized carbons (Fsp3) is 0.280. The highest BCUT2D eigenvalue weighted by Crippen LogP contribution is 2.31. The van der Waals surface area contributed by atoms with E-state index in [1.165, 1.54) is 11.8 Å². The van der Waals surface area contributed by atoms with Crippen LogP contribution in [0.5, 0.6) is 0 Å². The first-order valence-corrected chi connectivity index (χ1v) is 11.8. The normalized spacial score (nSPS) is 12.1. The number of hydrogen-bond acceptors (Lipinski definition) is 6. The zero-order valence-electron chi connectivity index (χ0n) is 19.1. The molecule has 170 valence electrons. The number of nitrogens with zero attached hydrogens (tertiary/aromatic N) is 3. The quantitative estimate of drug-likeness (QED) is 0.301. The van der Waals surface area contributed by atoms with Crippen molar-refractivity contribution in [3.8, 4) is 0 Å². The number of nitrogens with one attached hydrogen (secondary N) is 1. The molecule has 2 heterocycles. The zero-order chi connectivity index (χ0) is 23.5. The Balaban J connectivity index is 1.62. The minimum atomic E-state index is -0.414. The van der Waals surface area contributed by atoms with Crippen LogP contribution in [0.2, 0.25) is 0 Å². The lowest BCUT2D eigenvalue weighted by Gasteiger charge is -2.15. The van der Waals surface area contributed by atoms with Crippen LogP contribution in [0.3, 0.4) is 0 Å². The van der Waals surface area contributed by atoms with Gasteiger partial charge in [0.25, 0.3) is 0 Å². The van der Waals surface area contributed by atoms with Gasteiger partial charge in [-0.2, -0.15) is 0 Å². The van der Waals surface area contributed by atoms with Gasteiger partial charge in [0.2, 0.25) is 5.91 Å². The number of rotatable bonds is 7. The van der Waals surface area contributed by atoms with Gasteiger partial charge in [0, 0.05) is 11.1 Å². The van der Waals surface area contributed by atoms with Crippen LogP contribution in [0.25, 0.3) is 16.6 Å². The number of thioether (sulfide) groups is 1. The van der Waals surface area contributed by atoms with Crippen LogP contribution in [0, 0.1) is 13.8 Å². The van der Waals surface area contributed by atoms with Crippen LogP contribution >= 0.6 is 11.8 Å². The van der Waals surface area contributed by atoms with E-state index in [0.29, 0.717) is 29.4 Å². The van der Waals surface area contributed by atoms with Gasteiger partial charge in [0.15, 0.2) is 10.8 Å². The van der Waals surface area contributed by atoms with Gasteiger partial charge in [-0.05, 0) is 62.6 Å². The molecule has 0 aliphatic rings. The SMILES string of the molecule is CCOC(=O)c1cccc(NC(=O)C(CC)Sc2nnc3cc(C)c4cccc(C)c4n23)c1. The number of aryl methyl sites for hydroxylation is 2. The molecule has 4 aromatic rings. The van der Waals surface area contributed by atoms with Crippen LogP contribution in [0.1, 0.15) is 41.8 Å². The molecule has 1 N–H and O–H groups in total. The summed E-state index contributed by atoms with van der Waals surface area (Å²) in [6.07, 6.45) is 0.603. The molecule has 0 saturated carbocycles. The Kier molecular flexibility index (Phi) is 6.65. The van der Waals surface area contributed by atoms with Crippen molar-refractivity contribution in [2.45, 2.75) is 44.5 Å². The zero-order valence-corrected chi connectivity index (χ0v) is 19.9. The van der Waals surface area contributed by atoms with E-state index in [4.69, 9.17) is 4.74 Å². The molecule has 2 aromatic heterocycles. The van der Waals surface area contributed by atoms with Crippen molar-refractivity contribution in [1.82, 2.24) is 14.6 Å². The van der Waals surface area contributed by atoms with Gasteiger partial charge < -0.3 is 10.1 Å². The molecule has 4 rings (SSSR count). The maximum absolute atomic E-state index is 13.1. The molecule has 33 heavy (non-hydrogen) atoms. The van der Waals surface area contributed by atoms with Gasteiger partial charge in [-0.15, -0.1) is 10.2 Å². The van der Waals surface area contributed by atoms with Crippen LogP contribution in [0.15, 0.2) is 53.7 Å². The highest BCUT2D eigenvalue weighted by molar-refractivity contribution is 8.00. The summed E-state index contributed by atoms with van der Waals surface area (Å²) >= 11 is 1.39. The second kappa shape index (κ2) is 9.62. The third-order valence-electron chi connectivity index (χ3n) is 5.44. The van der Waals surface area contributed by atoms with E-state index in [0.717, 1.165) is 27.7 Å². The largest absolute Gasteiger partial charge is 0.462 e. The van der Waals surface area contributed by atoms with E-state index in [9.17, 15) is 9.59 Å². The maximum atomic E-state index is 13.1. The summed E-state index contributed by atoms with van der Waals surface area (Å²) in [7, 11) is 0. The second-order valence-corrected chi connectivity index (χ2v) is 8.95. The first-order valence-electron chi connectivity index (χ1n) is 10.9. The number of benzene rings is 2. The number of amides is 1. The monoisotopic (exact) mass is 462 g/mol. The minimum Gasteiger partial charge on any atom is -0.462 e. The lowest BCUT2D eigenvalue weighted by Crippen LogP contribution is -2.25. The van der Waals surface area contributed by atoms with Gasteiger partial charge in [0.1, 0.15) is 0 Å². The summed E-state index contributed by atoms with van der Waals surface area (Å²) in [6.45, 7) is 8.14. The third-order valence-corrected chi connectivity index (χ3v) is 6.75. The molecule has 0 saturated heterocycles. The Hall–Kier alpha value is -3.39. The Morgan fingerprint density at radius 1 is 1.06 bits per heavy atom. The standard InChI is InChI=1S/C25H26N4O3S/c1-5-20(23(30)26-18-11-8-10-17(14-18)24(31)32-6-2)33-25-28-27-21-13-16(4)19-12-7-9-15(3)22(19)29(21)25/h7-14,20H,5-6H2,1-4H3,(H,26,30). The number of aromatic nitrogens is 3. The number of anilines is 1. The maximum Gasteiger partial charge on any atom is 0.338 e. The van der Waals surface area contributed by atoms with Gasteiger partial charge in [0.05, 0.1) is 22.9 Å². The summed E-state index contributed by atoms with van der Waals surface area (Å²) in [4.78, 5) is 25.1. The molecule has 1 unspecified atom stereocenters. The minimum absolute atomic E-state index is 0.159. The number of ether oxygens (including phenoxy) is 1. The number of carbonyl (C=O) groups excluding carboxylic acids is 2. The lowest BCUT2D eigenvalue weighted by molar-refractivity contribution is -0.115. The van der Waals surface area contributed by atoms with E-state index in [1.807, 2.05) is 23.5 Å². The molecule has 0 bridgehead atoms. The highest BCUT2D eigenvalue weighted by Gasteiger charge is 2.23.